The normalized spacial score (nSPS) is 12.8. The molecule has 40 heavy (non-hydrogen) atoms. The zero-order valence-electron chi connectivity index (χ0n) is 23.7. The Balaban J connectivity index is 1.65. The van der Waals surface area contributed by atoms with Crippen LogP contribution >= 0.6 is 11.6 Å². The van der Waals surface area contributed by atoms with E-state index in [2.05, 4.69) is 11.4 Å². The van der Waals surface area contributed by atoms with Crippen LogP contribution in [0.15, 0.2) is 42.5 Å². The summed E-state index contributed by atoms with van der Waals surface area (Å²) < 4.78 is 5.48. The number of nitrogens with zero attached hydrogens (tertiary/aromatic N) is 5. The first-order valence-electron chi connectivity index (χ1n) is 13.2. The summed E-state index contributed by atoms with van der Waals surface area (Å²) in [4.78, 5) is 41.8. The summed E-state index contributed by atoms with van der Waals surface area (Å²) in [6, 6.07) is 14.8. The zero-order chi connectivity index (χ0) is 29.4. The molecule has 2 aromatic rings. The Hall–Kier alpha value is -3.65. The highest BCUT2D eigenvalue weighted by atomic mass is 35.5. The molecule has 3 rings (SSSR count). The summed E-state index contributed by atoms with van der Waals surface area (Å²) in [7, 11) is 1.72. The summed E-state index contributed by atoms with van der Waals surface area (Å²) in [5.74, 6) is -0.542. The minimum Gasteiger partial charge on any atom is -0.444 e. The van der Waals surface area contributed by atoms with E-state index in [0.717, 1.165) is 0 Å². The van der Waals surface area contributed by atoms with Gasteiger partial charge in [0, 0.05) is 39.8 Å². The lowest BCUT2D eigenvalue weighted by Crippen LogP contribution is -2.48. The predicted octanol–water partition coefficient (Wildman–Crippen LogP) is 3.78. The van der Waals surface area contributed by atoms with E-state index in [4.69, 9.17) is 16.3 Å². The number of likely N-dealkylation sites (N-methyl/N-ethyl adjacent to an activating group) is 2. The molecule has 0 fully saturated rings. The number of amides is 3. The van der Waals surface area contributed by atoms with Crippen LogP contribution in [0.5, 0.6) is 0 Å². The summed E-state index contributed by atoms with van der Waals surface area (Å²) in [6.07, 6.45) is -0.491. The van der Waals surface area contributed by atoms with Gasteiger partial charge in [0.2, 0.25) is 5.91 Å². The average Bonchev–Trinajstić information content (AvgIpc) is 3.34. The molecule has 10 nitrogen and oxygen atoms in total. The Morgan fingerprint density at radius 2 is 1.68 bits per heavy atom. The van der Waals surface area contributed by atoms with E-state index >= 15 is 0 Å². The van der Waals surface area contributed by atoms with Crippen molar-refractivity contribution in [3.63, 3.8) is 0 Å². The van der Waals surface area contributed by atoms with Crippen molar-refractivity contribution in [3.05, 3.63) is 64.2 Å². The highest BCUT2D eigenvalue weighted by Crippen LogP contribution is 2.27. The molecule has 0 radical (unpaired) electrons. The van der Waals surface area contributed by atoms with E-state index in [1.807, 2.05) is 36.2 Å². The lowest BCUT2D eigenvalue weighted by molar-refractivity contribution is -0.145. The number of hydrogen-bond donors (Lipinski definition) is 1. The number of rotatable bonds is 10. The Bertz CT molecular complexity index is 1250. The number of nitrogens with one attached hydrogen (secondary N) is 1. The van der Waals surface area contributed by atoms with Crippen LogP contribution in [0, 0.1) is 11.3 Å². The van der Waals surface area contributed by atoms with E-state index in [9.17, 15) is 19.6 Å². The van der Waals surface area contributed by atoms with Crippen LogP contribution < -0.4 is 10.2 Å². The second-order valence-electron chi connectivity index (χ2n) is 10.5. The molecule has 0 unspecified atom stereocenters. The van der Waals surface area contributed by atoms with E-state index in [-0.39, 0.29) is 43.0 Å². The van der Waals surface area contributed by atoms with Gasteiger partial charge in [0.05, 0.1) is 35.4 Å². The Labute approximate surface area is 241 Å². The Kier molecular flexibility index (Phi) is 10.5. The molecule has 0 bridgehead atoms. The van der Waals surface area contributed by atoms with Gasteiger partial charge >= 0.3 is 6.09 Å². The molecule has 11 heteroatoms. The molecule has 0 spiro atoms. The van der Waals surface area contributed by atoms with Gasteiger partial charge in [-0.25, -0.2) is 9.80 Å². The third kappa shape index (κ3) is 8.18. The molecule has 214 valence electrons. The zero-order valence-corrected chi connectivity index (χ0v) is 24.5. The summed E-state index contributed by atoms with van der Waals surface area (Å²) >= 11 is 6.43. The fourth-order valence-electron chi connectivity index (χ4n) is 4.27. The fourth-order valence-corrected chi connectivity index (χ4v) is 4.49. The minimum atomic E-state index is -0.661. The Morgan fingerprint density at radius 3 is 2.25 bits per heavy atom. The van der Waals surface area contributed by atoms with Crippen LogP contribution in [0.25, 0.3) is 0 Å². The van der Waals surface area contributed by atoms with Crippen molar-refractivity contribution in [2.75, 3.05) is 44.7 Å². The van der Waals surface area contributed by atoms with Crippen molar-refractivity contribution in [2.45, 2.75) is 46.4 Å². The number of nitriles is 1. The molecule has 1 aliphatic heterocycles. The molecule has 0 aromatic heterocycles. The van der Waals surface area contributed by atoms with Crippen LogP contribution in [-0.4, -0.2) is 78.2 Å². The summed E-state index contributed by atoms with van der Waals surface area (Å²) in [5.41, 5.74) is 2.40. The number of anilines is 1. The lowest BCUT2D eigenvalue weighted by atomic mass is 10.1. The van der Waals surface area contributed by atoms with E-state index in [0.29, 0.717) is 30.9 Å². The van der Waals surface area contributed by atoms with Crippen molar-refractivity contribution in [1.82, 2.24) is 20.2 Å². The maximum atomic E-state index is 13.4. The molecule has 1 N–H and O–H groups in total. The predicted molar refractivity (Wildman–Crippen MR) is 153 cm³/mol. The number of fused-ring (bicyclic) bond motifs is 1. The highest BCUT2D eigenvalue weighted by molar-refractivity contribution is 6.33. The van der Waals surface area contributed by atoms with E-state index in [1.165, 1.54) is 27.0 Å². The van der Waals surface area contributed by atoms with Crippen LogP contribution in [0.2, 0.25) is 5.02 Å². The first kappa shape index (κ1) is 30.9. The second-order valence-corrected chi connectivity index (χ2v) is 10.9. The van der Waals surface area contributed by atoms with Crippen LogP contribution in [0.3, 0.4) is 0 Å². The third-order valence-electron chi connectivity index (χ3n) is 6.46. The van der Waals surface area contributed by atoms with Gasteiger partial charge in [-0.15, -0.1) is 0 Å². The van der Waals surface area contributed by atoms with Gasteiger partial charge in [-0.1, -0.05) is 35.9 Å². The molecule has 0 atom stereocenters. The van der Waals surface area contributed by atoms with E-state index < -0.39 is 11.7 Å². The van der Waals surface area contributed by atoms with Crippen molar-refractivity contribution in [2.24, 2.45) is 0 Å². The standard InChI is InChI=1S/C29H37ClN6O4/c1-6-34(28(39)40-29(2,3)4)13-14-36(25-15-21(16-31)11-12-24(25)30)27(38)18-32-17-26(37)33(5)35-19-22-9-7-8-10-23(22)20-35/h7-12,15,32H,6,13-14,17-20H2,1-5H3. The average molecular weight is 569 g/mol. The van der Waals surface area contributed by atoms with Gasteiger partial charge in [-0.3, -0.25) is 19.9 Å². The van der Waals surface area contributed by atoms with E-state index in [1.54, 1.807) is 45.0 Å². The van der Waals surface area contributed by atoms with Crippen LogP contribution in [0.1, 0.15) is 44.4 Å². The van der Waals surface area contributed by atoms with Crippen LogP contribution in [0.4, 0.5) is 10.5 Å². The topological polar surface area (TPSA) is 109 Å². The van der Waals surface area contributed by atoms with Gasteiger partial charge in [0.1, 0.15) is 5.60 Å². The SMILES string of the molecule is CCN(CCN(C(=O)CNCC(=O)N(C)N1Cc2ccccc2C1)c1cc(C#N)ccc1Cl)C(=O)OC(C)(C)C. The third-order valence-corrected chi connectivity index (χ3v) is 6.78. The molecule has 2 aromatic carbocycles. The van der Waals surface area contributed by atoms with Crippen molar-refractivity contribution in [1.29, 1.82) is 5.26 Å². The molecule has 3 amide bonds. The first-order valence-corrected chi connectivity index (χ1v) is 13.6. The fraction of sp³-hybridized carbons (Fsp3) is 0.448. The number of carbonyl (C=O) groups is 3. The molecule has 0 aliphatic carbocycles. The molecular formula is C29H37ClN6O4. The van der Waals surface area contributed by atoms with Gasteiger partial charge in [-0.2, -0.15) is 5.26 Å². The van der Waals surface area contributed by atoms with Crippen molar-refractivity contribution >= 4 is 35.2 Å². The van der Waals surface area contributed by atoms with Gasteiger partial charge in [-0.05, 0) is 57.0 Å². The number of halogens is 1. The number of carbonyl (C=O) groups excluding carboxylic acids is 3. The van der Waals surface area contributed by atoms with Gasteiger partial charge in [0.15, 0.2) is 0 Å². The quantitative estimate of drug-likeness (QED) is 0.464. The molecule has 1 aliphatic rings. The Morgan fingerprint density at radius 1 is 1.05 bits per heavy atom. The van der Waals surface area contributed by atoms with Crippen LogP contribution in [-0.2, 0) is 27.4 Å². The largest absolute Gasteiger partial charge is 0.444 e. The molecular weight excluding hydrogens is 532 g/mol. The summed E-state index contributed by atoms with van der Waals surface area (Å²) in [5, 5.41) is 16.1. The maximum Gasteiger partial charge on any atom is 0.410 e. The smallest absolute Gasteiger partial charge is 0.410 e. The molecule has 1 heterocycles. The second kappa shape index (κ2) is 13.6. The van der Waals surface area contributed by atoms with Crippen molar-refractivity contribution < 1.29 is 19.1 Å². The van der Waals surface area contributed by atoms with Gasteiger partial charge < -0.3 is 14.5 Å². The highest BCUT2D eigenvalue weighted by Gasteiger charge is 2.26. The maximum absolute atomic E-state index is 13.4. The lowest BCUT2D eigenvalue weighted by Gasteiger charge is -2.30. The summed E-state index contributed by atoms with van der Waals surface area (Å²) in [6.45, 7) is 8.94. The number of benzene rings is 2. The monoisotopic (exact) mass is 568 g/mol. The number of ether oxygens (including phenoxy) is 1. The van der Waals surface area contributed by atoms with Crippen molar-refractivity contribution in [3.8, 4) is 6.07 Å². The van der Waals surface area contributed by atoms with Gasteiger partial charge in [0.25, 0.3) is 5.91 Å². The first-order chi connectivity index (χ1) is 18.9. The molecule has 0 saturated heterocycles. The minimum absolute atomic E-state index is 0.0477. The number of hydrogen-bond acceptors (Lipinski definition) is 7. The number of hydrazine groups is 1. The molecule has 0 saturated carbocycles.